The van der Waals surface area contributed by atoms with Crippen LogP contribution in [-0.4, -0.2) is 35.4 Å². The van der Waals surface area contributed by atoms with E-state index >= 15 is 0 Å². The average molecular weight is 490 g/mol. The van der Waals surface area contributed by atoms with Gasteiger partial charge < -0.3 is 19.8 Å². The Morgan fingerprint density at radius 2 is 1.89 bits per heavy atom. The van der Waals surface area contributed by atoms with Crippen molar-refractivity contribution in [2.75, 3.05) is 11.9 Å². The number of thiazole rings is 1. The minimum Gasteiger partial charge on any atom is -0.459 e. The van der Waals surface area contributed by atoms with Crippen LogP contribution in [0.15, 0.2) is 82.8 Å². The highest BCUT2D eigenvalue weighted by Gasteiger charge is 2.25. The third kappa shape index (κ3) is 6.64. The molecular formula is C26H23N3O5S. The highest BCUT2D eigenvalue weighted by atomic mass is 32.1. The maximum absolute atomic E-state index is 12.8. The van der Waals surface area contributed by atoms with E-state index in [-0.39, 0.29) is 12.2 Å². The number of nitrogens with zero attached hydrogens (tertiary/aromatic N) is 1. The van der Waals surface area contributed by atoms with Crippen molar-refractivity contribution in [3.8, 4) is 11.3 Å². The number of furan rings is 1. The second-order valence-electron chi connectivity index (χ2n) is 7.68. The first-order valence-electron chi connectivity index (χ1n) is 10.9. The zero-order chi connectivity index (χ0) is 24.6. The van der Waals surface area contributed by atoms with Crippen molar-refractivity contribution in [2.24, 2.45) is 0 Å². The van der Waals surface area contributed by atoms with Crippen molar-refractivity contribution in [3.63, 3.8) is 0 Å². The Kier molecular flexibility index (Phi) is 7.69. The quantitative estimate of drug-likeness (QED) is 0.341. The zero-order valence-corrected chi connectivity index (χ0v) is 19.7. The van der Waals surface area contributed by atoms with E-state index in [1.54, 1.807) is 29.5 Å². The summed E-state index contributed by atoms with van der Waals surface area (Å²) in [6, 6.07) is 18.5. The number of carbonyl (C=O) groups is 3. The van der Waals surface area contributed by atoms with Gasteiger partial charge in [-0.25, -0.2) is 9.78 Å². The summed E-state index contributed by atoms with van der Waals surface area (Å²) in [5.41, 5.74) is 3.08. The second kappa shape index (κ2) is 11.3. The molecule has 2 N–H and O–H groups in total. The Bertz CT molecular complexity index is 1300. The van der Waals surface area contributed by atoms with E-state index in [0.29, 0.717) is 5.69 Å². The first kappa shape index (κ1) is 23.9. The first-order valence-corrected chi connectivity index (χ1v) is 11.7. The predicted molar refractivity (Wildman–Crippen MR) is 132 cm³/mol. The number of amides is 2. The van der Waals surface area contributed by atoms with Gasteiger partial charge in [0.2, 0.25) is 0 Å². The number of aryl methyl sites for hydroxylation is 1. The van der Waals surface area contributed by atoms with E-state index in [9.17, 15) is 14.4 Å². The maximum Gasteiger partial charge on any atom is 0.329 e. The molecule has 0 radical (unpaired) electrons. The molecule has 1 atom stereocenters. The van der Waals surface area contributed by atoms with Gasteiger partial charge >= 0.3 is 5.97 Å². The third-order valence-electron chi connectivity index (χ3n) is 5.02. The molecule has 0 saturated carbocycles. The van der Waals surface area contributed by atoms with Gasteiger partial charge in [0, 0.05) is 23.1 Å². The molecule has 2 amide bonds. The van der Waals surface area contributed by atoms with E-state index in [1.807, 2.05) is 54.8 Å². The van der Waals surface area contributed by atoms with Gasteiger partial charge in [0.05, 0.1) is 17.0 Å². The lowest BCUT2D eigenvalue weighted by Gasteiger charge is -2.17. The SMILES string of the molecule is Cc1nc(-c2cccc(NC(=O)COC(=O)[C@H](Cc3ccccc3)NC(=O)c3ccco3)c2)cs1. The van der Waals surface area contributed by atoms with Crippen molar-refractivity contribution in [1.82, 2.24) is 10.3 Å². The molecule has 4 rings (SSSR count). The molecule has 0 fully saturated rings. The third-order valence-corrected chi connectivity index (χ3v) is 5.80. The maximum atomic E-state index is 12.8. The summed E-state index contributed by atoms with van der Waals surface area (Å²) < 4.78 is 10.3. The van der Waals surface area contributed by atoms with E-state index in [2.05, 4.69) is 15.6 Å². The number of hydrogen-bond acceptors (Lipinski definition) is 7. The van der Waals surface area contributed by atoms with Crippen LogP contribution in [0.5, 0.6) is 0 Å². The highest BCUT2D eigenvalue weighted by molar-refractivity contribution is 7.09. The molecule has 2 aromatic heterocycles. The Hall–Kier alpha value is -4.24. The topological polar surface area (TPSA) is 111 Å². The molecule has 2 heterocycles. The van der Waals surface area contributed by atoms with Crippen LogP contribution >= 0.6 is 11.3 Å². The molecule has 0 bridgehead atoms. The number of carbonyl (C=O) groups excluding carboxylic acids is 3. The van der Waals surface area contributed by atoms with Gasteiger partial charge in [-0.1, -0.05) is 42.5 Å². The summed E-state index contributed by atoms with van der Waals surface area (Å²) in [6.45, 7) is 1.43. The Labute approximate surface area is 206 Å². The summed E-state index contributed by atoms with van der Waals surface area (Å²) >= 11 is 1.54. The van der Waals surface area contributed by atoms with E-state index in [4.69, 9.17) is 9.15 Å². The van der Waals surface area contributed by atoms with Crippen molar-refractivity contribution in [3.05, 3.63) is 94.7 Å². The van der Waals surface area contributed by atoms with Crippen molar-refractivity contribution >= 4 is 34.8 Å². The van der Waals surface area contributed by atoms with Crippen LogP contribution in [0.3, 0.4) is 0 Å². The van der Waals surface area contributed by atoms with Gasteiger partial charge in [0.15, 0.2) is 12.4 Å². The molecule has 2 aromatic carbocycles. The van der Waals surface area contributed by atoms with E-state index in [0.717, 1.165) is 21.8 Å². The number of anilines is 1. The van der Waals surface area contributed by atoms with Gasteiger partial charge in [-0.3, -0.25) is 9.59 Å². The number of hydrogen-bond donors (Lipinski definition) is 2. The fourth-order valence-corrected chi connectivity index (χ4v) is 3.99. The summed E-state index contributed by atoms with van der Waals surface area (Å²) in [6.07, 6.45) is 1.57. The molecule has 0 unspecified atom stereocenters. The molecule has 178 valence electrons. The highest BCUT2D eigenvalue weighted by Crippen LogP contribution is 2.24. The van der Waals surface area contributed by atoms with Crippen molar-refractivity contribution in [2.45, 2.75) is 19.4 Å². The molecule has 0 saturated heterocycles. The van der Waals surface area contributed by atoms with Gasteiger partial charge in [0.25, 0.3) is 11.8 Å². The summed E-state index contributed by atoms with van der Waals surface area (Å²) in [5, 5.41) is 8.24. The van der Waals surface area contributed by atoms with Gasteiger partial charge in [0.1, 0.15) is 6.04 Å². The largest absolute Gasteiger partial charge is 0.459 e. The monoisotopic (exact) mass is 489 g/mol. The molecule has 35 heavy (non-hydrogen) atoms. The smallest absolute Gasteiger partial charge is 0.329 e. The van der Waals surface area contributed by atoms with Crippen LogP contribution in [0.25, 0.3) is 11.3 Å². The molecular weight excluding hydrogens is 466 g/mol. The number of rotatable bonds is 9. The Morgan fingerprint density at radius 3 is 2.60 bits per heavy atom. The molecule has 0 spiro atoms. The van der Waals surface area contributed by atoms with Crippen LogP contribution in [-0.2, 0) is 20.7 Å². The van der Waals surface area contributed by atoms with Crippen LogP contribution < -0.4 is 10.6 Å². The first-order chi connectivity index (χ1) is 17.0. The summed E-state index contributed by atoms with van der Waals surface area (Å²) in [7, 11) is 0. The van der Waals surface area contributed by atoms with Crippen LogP contribution in [0, 0.1) is 6.92 Å². The predicted octanol–water partition coefficient (Wildman–Crippen LogP) is 4.23. The standard InChI is InChI=1S/C26H23N3O5S/c1-17-27-22(16-35-17)19-9-5-10-20(14-19)28-24(30)15-34-26(32)21(13-18-7-3-2-4-8-18)29-25(31)23-11-6-12-33-23/h2-12,14,16,21H,13,15H2,1H3,(H,28,30)(H,29,31)/t21-/m0/s1. The number of nitrogens with one attached hydrogen (secondary N) is 2. The van der Waals surface area contributed by atoms with E-state index < -0.39 is 30.4 Å². The van der Waals surface area contributed by atoms with Crippen LogP contribution in [0.4, 0.5) is 5.69 Å². The Balaban J connectivity index is 1.37. The number of benzene rings is 2. The van der Waals surface area contributed by atoms with Crippen molar-refractivity contribution in [1.29, 1.82) is 0 Å². The number of ether oxygens (including phenoxy) is 1. The van der Waals surface area contributed by atoms with E-state index in [1.165, 1.54) is 12.3 Å². The summed E-state index contributed by atoms with van der Waals surface area (Å²) in [5.74, 6) is -1.70. The fraction of sp³-hybridized carbons (Fsp3) is 0.154. The lowest BCUT2D eigenvalue weighted by Crippen LogP contribution is -2.44. The Morgan fingerprint density at radius 1 is 1.06 bits per heavy atom. The second-order valence-corrected chi connectivity index (χ2v) is 8.74. The number of esters is 1. The van der Waals surface area contributed by atoms with Gasteiger partial charge in [-0.15, -0.1) is 11.3 Å². The minimum atomic E-state index is -1.00. The van der Waals surface area contributed by atoms with Crippen LogP contribution in [0.2, 0.25) is 0 Å². The van der Waals surface area contributed by atoms with Crippen molar-refractivity contribution < 1.29 is 23.5 Å². The minimum absolute atomic E-state index is 0.0730. The molecule has 9 heteroatoms. The van der Waals surface area contributed by atoms with Crippen LogP contribution in [0.1, 0.15) is 21.1 Å². The van der Waals surface area contributed by atoms with Gasteiger partial charge in [-0.2, -0.15) is 0 Å². The molecule has 0 aliphatic carbocycles. The lowest BCUT2D eigenvalue weighted by molar-refractivity contribution is -0.149. The molecule has 0 aliphatic heterocycles. The molecule has 4 aromatic rings. The average Bonchev–Trinajstić information content (AvgIpc) is 3.55. The summed E-state index contributed by atoms with van der Waals surface area (Å²) in [4.78, 5) is 42.1. The van der Waals surface area contributed by atoms with Gasteiger partial charge in [-0.05, 0) is 36.8 Å². The number of aromatic nitrogens is 1. The zero-order valence-electron chi connectivity index (χ0n) is 18.9. The lowest BCUT2D eigenvalue weighted by atomic mass is 10.1. The molecule has 8 nitrogen and oxygen atoms in total. The fourth-order valence-electron chi connectivity index (χ4n) is 3.37. The molecule has 0 aliphatic rings. The normalized spacial score (nSPS) is 11.5.